The van der Waals surface area contributed by atoms with Gasteiger partial charge in [-0.3, -0.25) is 0 Å². The molecular weight excluding hydrogens is 356 g/mol. The molecule has 2 unspecified atom stereocenters. The maximum absolute atomic E-state index is 14.2. The number of hydrogen-bond acceptors (Lipinski definition) is 0. The average Bonchev–Trinajstić information content (AvgIpc) is 2.24. The van der Waals surface area contributed by atoms with Gasteiger partial charge >= 0.3 is 0 Å². The minimum atomic E-state index is -2.55. The van der Waals surface area contributed by atoms with Crippen LogP contribution in [0.4, 0.5) is 17.6 Å². The predicted octanol–water partition coefficient (Wildman–Crippen LogP) is 5.37. The fourth-order valence-corrected chi connectivity index (χ4v) is 2.01. The Hall–Kier alpha value is -0.100. The van der Waals surface area contributed by atoms with Crippen molar-refractivity contribution in [3.63, 3.8) is 0 Å². The lowest BCUT2D eigenvalue weighted by molar-refractivity contribution is 0.104. The normalized spacial score (nSPS) is 31.8. The maximum Gasteiger partial charge on any atom is 0.175 e. The van der Waals surface area contributed by atoms with E-state index in [2.05, 4.69) is 31.9 Å². The van der Waals surface area contributed by atoms with Gasteiger partial charge in [-0.25, -0.2) is 17.6 Å². The van der Waals surface area contributed by atoms with Crippen LogP contribution < -0.4 is 0 Å². The summed E-state index contributed by atoms with van der Waals surface area (Å²) >= 11 is 5.92. The summed E-state index contributed by atoms with van der Waals surface area (Å²) in [4.78, 5) is 1.35. The fourth-order valence-electron chi connectivity index (χ4n) is 1.44. The van der Waals surface area contributed by atoms with Crippen LogP contribution in [0.3, 0.4) is 0 Å². The molecule has 2 atom stereocenters. The topological polar surface area (TPSA) is 0 Å². The highest BCUT2D eigenvalue weighted by Gasteiger charge is 2.47. The lowest BCUT2D eigenvalue weighted by atomic mass is 9.82. The zero-order valence-corrected chi connectivity index (χ0v) is 11.4. The van der Waals surface area contributed by atoms with Crippen LogP contribution in [0.25, 0.3) is 0 Å². The van der Waals surface area contributed by atoms with Crippen molar-refractivity contribution in [2.75, 3.05) is 0 Å². The summed E-state index contributed by atoms with van der Waals surface area (Å²) in [5.74, 6) is -5.40. The molecule has 0 N–H and O–H groups in total. The van der Waals surface area contributed by atoms with Gasteiger partial charge in [0.1, 0.15) is 11.7 Å². The first-order valence-corrected chi connectivity index (χ1v) is 6.10. The first-order valence-electron chi connectivity index (χ1n) is 4.39. The minimum absolute atomic E-state index is 0.254. The van der Waals surface area contributed by atoms with E-state index in [0.717, 1.165) is 6.92 Å². The van der Waals surface area contributed by atoms with E-state index in [1.807, 2.05) is 0 Å². The zero-order valence-electron chi connectivity index (χ0n) is 8.21. The van der Waals surface area contributed by atoms with Crippen LogP contribution in [0.5, 0.6) is 0 Å². The largest absolute Gasteiger partial charge is 0.235 e. The smallest absolute Gasteiger partial charge is 0.175 e. The molecule has 0 saturated carbocycles. The van der Waals surface area contributed by atoms with Crippen molar-refractivity contribution < 1.29 is 17.6 Å². The molecule has 90 valence electrons. The number of hydrogen-bond donors (Lipinski definition) is 0. The van der Waals surface area contributed by atoms with Gasteiger partial charge in [-0.15, -0.1) is 0 Å². The van der Waals surface area contributed by atoms with E-state index >= 15 is 0 Å². The summed E-state index contributed by atoms with van der Waals surface area (Å²) in [7, 11) is 0. The maximum atomic E-state index is 14.2. The number of halogens is 6. The van der Waals surface area contributed by atoms with Crippen LogP contribution >= 0.6 is 31.9 Å². The van der Waals surface area contributed by atoms with Gasteiger partial charge in [0, 0.05) is 17.0 Å². The molecule has 16 heavy (non-hydrogen) atoms. The van der Waals surface area contributed by atoms with Gasteiger partial charge in [-0.1, -0.05) is 38.8 Å². The summed E-state index contributed by atoms with van der Waals surface area (Å²) in [6.45, 7) is 1.11. The van der Waals surface area contributed by atoms with Crippen molar-refractivity contribution >= 4 is 31.9 Å². The Balaban J connectivity index is 3.12. The van der Waals surface area contributed by atoms with E-state index in [1.54, 1.807) is 0 Å². The number of rotatable bonds is 2. The summed E-state index contributed by atoms with van der Waals surface area (Å²) in [5, 5.41) is 0. The summed E-state index contributed by atoms with van der Waals surface area (Å²) < 4.78 is 54.0. The van der Waals surface area contributed by atoms with Crippen molar-refractivity contribution in [1.82, 2.24) is 0 Å². The molecule has 0 aromatic rings. The molecule has 0 bridgehead atoms. The Morgan fingerprint density at radius 1 is 1.50 bits per heavy atom. The van der Waals surface area contributed by atoms with E-state index in [4.69, 9.17) is 0 Å². The fraction of sp³-hybridized carbons (Fsp3) is 0.400. The molecule has 0 saturated heterocycles. The molecule has 0 spiro atoms. The standard InChI is InChI=1S/C10H8Br2F4/c1-5-9(15)7(13)2-8(14)10(5,16)3-6(12)4-11/h2,4-5H,3H2,1H3/b6-4+. The molecule has 0 aromatic carbocycles. The summed E-state index contributed by atoms with van der Waals surface area (Å²) in [6.07, 6.45) is -0.147. The molecule has 0 nitrogen and oxygen atoms in total. The highest BCUT2D eigenvalue weighted by molar-refractivity contribution is 9.14. The third kappa shape index (κ3) is 2.42. The SMILES string of the molecule is CC1C(F)=C(F)C=C(F)C1(F)C/C(Br)=C\Br. The second-order valence-electron chi connectivity index (χ2n) is 3.51. The van der Waals surface area contributed by atoms with Crippen LogP contribution in [0.1, 0.15) is 13.3 Å². The Kier molecular flexibility index (Phi) is 4.40. The predicted molar refractivity (Wildman–Crippen MR) is 62.0 cm³/mol. The lowest BCUT2D eigenvalue weighted by Crippen LogP contribution is -2.35. The number of allylic oxidation sites excluding steroid dienone is 5. The van der Waals surface area contributed by atoms with Crippen LogP contribution in [0.2, 0.25) is 0 Å². The Morgan fingerprint density at radius 3 is 2.56 bits per heavy atom. The van der Waals surface area contributed by atoms with Crippen molar-refractivity contribution in [1.29, 1.82) is 0 Å². The van der Waals surface area contributed by atoms with Crippen LogP contribution in [0.15, 0.2) is 33.0 Å². The van der Waals surface area contributed by atoms with Gasteiger partial charge in [0.25, 0.3) is 0 Å². The molecule has 1 rings (SSSR count). The molecule has 0 radical (unpaired) electrons. The van der Waals surface area contributed by atoms with Gasteiger partial charge < -0.3 is 0 Å². The van der Waals surface area contributed by atoms with Crippen molar-refractivity contribution in [3.8, 4) is 0 Å². The van der Waals surface area contributed by atoms with Gasteiger partial charge in [-0.2, -0.15) is 0 Å². The molecule has 0 aliphatic heterocycles. The van der Waals surface area contributed by atoms with E-state index in [-0.39, 0.29) is 6.08 Å². The highest BCUT2D eigenvalue weighted by Crippen LogP contribution is 2.46. The monoisotopic (exact) mass is 362 g/mol. The second kappa shape index (κ2) is 5.04. The third-order valence-electron chi connectivity index (χ3n) is 2.49. The Morgan fingerprint density at radius 2 is 2.06 bits per heavy atom. The van der Waals surface area contributed by atoms with Crippen LogP contribution in [-0.2, 0) is 0 Å². The second-order valence-corrected chi connectivity index (χ2v) is 4.98. The Labute approximate surface area is 107 Å². The van der Waals surface area contributed by atoms with E-state index in [0.29, 0.717) is 4.48 Å². The number of alkyl halides is 1. The van der Waals surface area contributed by atoms with E-state index < -0.39 is 35.5 Å². The minimum Gasteiger partial charge on any atom is -0.235 e. The lowest BCUT2D eigenvalue weighted by Gasteiger charge is -2.31. The highest BCUT2D eigenvalue weighted by atomic mass is 79.9. The molecular formula is C10H8Br2F4. The molecule has 1 aliphatic carbocycles. The molecule has 1 aliphatic rings. The molecule has 0 fully saturated rings. The zero-order chi connectivity index (χ0) is 12.5. The van der Waals surface area contributed by atoms with Gasteiger partial charge in [0.05, 0.1) is 5.92 Å². The third-order valence-corrected chi connectivity index (χ3v) is 4.17. The summed E-state index contributed by atoms with van der Waals surface area (Å²) in [6, 6.07) is 0. The van der Waals surface area contributed by atoms with Crippen molar-refractivity contribution in [2.24, 2.45) is 5.92 Å². The van der Waals surface area contributed by atoms with Crippen LogP contribution in [-0.4, -0.2) is 5.67 Å². The van der Waals surface area contributed by atoms with Gasteiger partial charge in [-0.05, 0) is 4.99 Å². The average molecular weight is 364 g/mol. The van der Waals surface area contributed by atoms with Gasteiger partial charge in [0.15, 0.2) is 11.5 Å². The first kappa shape index (κ1) is 14.0. The molecule has 6 heteroatoms. The first-order chi connectivity index (χ1) is 7.32. The molecule has 0 heterocycles. The van der Waals surface area contributed by atoms with Crippen molar-refractivity contribution in [2.45, 2.75) is 19.0 Å². The van der Waals surface area contributed by atoms with Crippen molar-refractivity contribution in [3.05, 3.63) is 33.0 Å². The Bertz CT molecular complexity index is 386. The van der Waals surface area contributed by atoms with E-state index in [1.165, 1.54) is 4.99 Å². The van der Waals surface area contributed by atoms with E-state index in [9.17, 15) is 17.6 Å². The molecule has 0 aromatic heterocycles. The quantitative estimate of drug-likeness (QED) is 0.578. The summed E-state index contributed by atoms with van der Waals surface area (Å²) in [5.41, 5.74) is -2.55. The molecule has 0 amide bonds. The van der Waals surface area contributed by atoms with Gasteiger partial charge in [0.2, 0.25) is 0 Å². The van der Waals surface area contributed by atoms with Crippen LogP contribution in [0, 0.1) is 5.92 Å².